The van der Waals surface area contributed by atoms with Gasteiger partial charge in [-0.25, -0.2) is 4.39 Å². The summed E-state index contributed by atoms with van der Waals surface area (Å²) in [6.07, 6.45) is 0.558. The predicted molar refractivity (Wildman–Crippen MR) is 74.9 cm³/mol. The van der Waals surface area contributed by atoms with Gasteiger partial charge in [-0.15, -0.1) is 11.6 Å². The lowest BCUT2D eigenvalue weighted by atomic mass is 10.0. The SMILES string of the molecule is Cc1ccc(F)c(C(Cl)Cc2cccc(Cl)c2)c1. The Morgan fingerprint density at radius 2 is 1.94 bits per heavy atom. The quantitative estimate of drug-likeness (QED) is 0.669. The van der Waals surface area contributed by atoms with Crippen molar-refractivity contribution in [3.63, 3.8) is 0 Å². The second-order valence-corrected chi connectivity index (χ2v) is 5.29. The third kappa shape index (κ3) is 3.24. The minimum atomic E-state index is -0.386. The predicted octanol–water partition coefficient (Wildman–Crippen LogP) is 5.31. The summed E-state index contributed by atoms with van der Waals surface area (Å²) in [6.45, 7) is 1.92. The molecule has 0 aliphatic carbocycles. The highest BCUT2D eigenvalue weighted by atomic mass is 35.5. The highest BCUT2D eigenvalue weighted by Crippen LogP contribution is 2.28. The number of hydrogen-bond donors (Lipinski definition) is 0. The zero-order valence-electron chi connectivity index (χ0n) is 9.96. The van der Waals surface area contributed by atoms with Crippen molar-refractivity contribution >= 4 is 23.2 Å². The molecule has 0 aromatic heterocycles. The fourth-order valence-corrected chi connectivity index (χ4v) is 2.44. The van der Waals surface area contributed by atoms with E-state index in [1.54, 1.807) is 12.1 Å². The minimum absolute atomic E-state index is 0.261. The number of halogens is 3. The Morgan fingerprint density at radius 1 is 1.17 bits per heavy atom. The molecule has 0 fully saturated rings. The van der Waals surface area contributed by atoms with Crippen LogP contribution in [0.25, 0.3) is 0 Å². The summed E-state index contributed by atoms with van der Waals surface area (Å²) < 4.78 is 13.7. The van der Waals surface area contributed by atoms with Gasteiger partial charge in [0.15, 0.2) is 0 Å². The summed E-state index contributed by atoms with van der Waals surface area (Å²) in [5.41, 5.74) is 2.54. The summed E-state index contributed by atoms with van der Waals surface area (Å²) in [7, 11) is 0. The van der Waals surface area contributed by atoms with E-state index in [2.05, 4.69) is 0 Å². The Bertz CT molecular complexity index is 552. The van der Waals surface area contributed by atoms with Gasteiger partial charge in [0.1, 0.15) is 5.82 Å². The van der Waals surface area contributed by atoms with E-state index in [0.29, 0.717) is 17.0 Å². The Morgan fingerprint density at radius 3 is 2.67 bits per heavy atom. The Labute approximate surface area is 116 Å². The lowest BCUT2D eigenvalue weighted by Gasteiger charge is -2.12. The van der Waals surface area contributed by atoms with Crippen molar-refractivity contribution in [3.05, 3.63) is 70.0 Å². The van der Waals surface area contributed by atoms with Crippen LogP contribution < -0.4 is 0 Å². The average Bonchev–Trinajstić information content (AvgIpc) is 2.32. The lowest BCUT2D eigenvalue weighted by Crippen LogP contribution is -1.99. The molecule has 18 heavy (non-hydrogen) atoms. The van der Waals surface area contributed by atoms with Crippen molar-refractivity contribution in [3.8, 4) is 0 Å². The maximum Gasteiger partial charge on any atom is 0.127 e. The number of rotatable bonds is 3. The first-order valence-corrected chi connectivity index (χ1v) is 6.52. The average molecular weight is 283 g/mol. The van der Waals surface area contributed by atoms with Gasteiger partial charge in [0.25, 0.3) is 0 Å². The zero-order chi connectivity index (χ0) is 13.1. The summed E-state index contributed by atoms with van der Waals surface area (Å²) in [5, 5.41) is 0.282. The van der Waals surface area contributed by atoms with E-state index in [9.17, 15) is 4.39 Å². The van der Waals surface area contributed by atoms with Crippen molar-refractivity contribution in [2.45, 2.75) is 18.7 Å². The molecule has 2 aromatic carbocycles. The molecule has 2 rings (SSSR count). The summed E-state index contributed by atoms with van der Waals surface area (Å²) in [5.74, 6) is -0.261. The van der Waals surface area contributed by atoms with E-state index in [4.69, 9.17) is 23.2 Å². The monoisotopic (exact) mass is 282 g/mol. The molecule has 0 saturated carbocycles. The highest BCUT2D eigenvalue weighted by molar-refractivity contribution is 6.30. The number of benzene rings is 2. The summed E-state index contributed by atoms with van der Waals surface area (Å²) in [6, 6.07) is 12.5. The van der Waals surface area contributed by atoms with Crippen LogP contribution in [0.4, 0.5) is 4.39 Å². The third-order valence-electron chi connectivity index (χ3n) is 2.79. The molecule has 1 atom stereocenters. The molecule has 2 aromatic rings. The lowest BCUT2D eigenvalue weighted by molar-refractivity contribution is 0.605. The van der Waals surface area contributed by atoms with Crippen LogP contribution >= 0.6 is 23.2 Å². The van der Waals surface area contributed by atoms with E-state index in [1.165, 1.54) is 6.07 Å². The zero-order valence-corrected chi connectivity index (χ0v) is 11.5. The first-order chi connectivity index (χ1) is 8.56. The van der Waals surface area contributed by atoms with Crippen LogP contribution in [0.5, 0.6) is 0 Å². The second kappa shape index (κ2) is 5.73. The van der Waals surface area contributed by atoms with Crippen LogP contribution in [0.1, 0.15) is 22.1 Å². The molecule has 3 heteroatoms. The van der Waals surface area contributed by atoms with Crippen LogP contribution in [0, 0.1) is 12.7 Å². The van der Waals surface area contributed by atoms with Crippen LogP contribution in [0.2, 0.25) is 5.02 Å². The van der Waals surface area contributed by atoms with Gasteiger partial charge in [-0.05, 0) is 37.1 Å². The van der Waals surface area contributed by atoms with E-state index < -0.39 is 0 Å². The van der Waals surface area contributed by atoms with Gasteiger partial charge >= 0.3 is 0 Å². The summed E-state index contributed by atoms with van der Waals surface area (Å²) >= 11 is 12.2. The fraction of sp³-hybridized carbons (Fsp3) is 0.200. The van der Waals surface area contributed by atoms with Crippen molar-refractivity contribution in [2.75, 3.05) is 0 Å². The molecule has 0 bridgehead atoms. The molecule has 0 aliphatic heterocycles. The number of hydrogen-bond acceptors (Lipinski definition) is 0. The molecule has 0 saturated heterocycles. The van der Waals surface area contributed by atoms with Crippen molar-refractivity contribution in [2.24, 2.45) is 0 Å². The largest absolute Gasteiger partial charge is 0.207 e. The molecule has 1 unspecified atom stereocenters. The van der Waals surface area contributed by atoms with Crippen molar-refractivity contribution < 1.29 is 4.39 Å². The molecule has 0 N–H and O–H groups in total. The first-order valence-electron chi connectivity index (χ1n) is 5.71. The van der Waals surface area contributed by atoms with Gasteiger partial charge in [-0.1, -0.05) is 41.4 Å². The molecule has 0 heterocycles. The Balaban J connectivity index is 2.21. The van der Waals surface area contributed by atoms with Gasteiger partial charge in [-0.2, -0.15) is 0 Å². The van der Waals surface area contributed by atoms with Crippen LogP contribution in [-0.2, 0) is 6.42 Å². The van der Waals surface area contributed by atoms with Crippen molar-refractivity contribution in [1.82, 2.24) is 0 Å². The van der Waals surface area contributed by atoms with Gasteiger partial charge in [-0.3, -0.25) is 0 Å². The smallest absolute Gasteiger partial charge is 0.127 e. The highest BCUT2D eigenvalue weighted by Gasteiger charge is 2.14. The van der Waals surface area contributed by atoms with Gasteiger partial charge in [0.05, 0.1) is 5.38 Å². The fourth-order valence-electron chi connectivity index (χ4n) is 1.88. The first kappa shape index (κ1) is 13.4. The number of aryl methyl sites for hydroxylation is 1. The topological polar surface area (TPSA) is 0 Å². The molecular weight excluding hydrogens is 270 g/mol. The summed E-state index contributed by atoms with van der Waals surface area (Å²) in [4.78, 5) is 0. The Hall–Kier alpha value is -1.05. The van der Waals surface area contributed by atoms with E-state index >= 15 is 0 Å². The van der Waals surface area contributed by atoms with Gasteiger partial charge < -0.3 is 0 Å². The van der Waals surface area contributed by atoms with Gasteiger partial charge in [0, 0.05) is 10.6 Å². The molecule has 0 aliphatic rings. The maximum absolute atomic E-state index is 13.7. The third-order valence-corrected chi connectivity index (χ3v) is 3.42. The Kier molecular flexibility index (Phi) is 4.26. The van der Waals surface area contributed by atoms with Gasteiger partial charge in [0.2, 0.25) is 0 Å². The van der Waals surface area contributed by atoms with Crippen LogP contribution in [0.3, 0.4) is 0 Å². The standard InChI is InChI=1S/C15H13Cl2F/c1-10-5-6-15(18)13(7-10)14(17)9-11-3-2-4-12(16)8-11/h2-8,14H,9H2,1H3. The molecule has 0 radical (unpaired) electrons. The molecule has 0 amide bonds. The maximum atomic E-state index is 13.7. The molecule has 94 valence electrons. The normalized spacial score (nSPS) is 12.4. The van der Waals surface area contributed by atoms with Crippen molar-refractivity contribution in [1.29, 1.82) is 0 Å². The second-order valence-electron chi connectivity index (χ2n) is 4.33. The minimum Gasteiger partial charge on any atom is -0.207 e. The van der Waals surface area contributed by atoms with Crippen LogP contribution in [-0.4, -0.2) is 0 Å². The molecule has 0 spiro atoms. The number of alkyl halides is 1. The molecule has 0 nitrogen and oxygen atoms in total. The van der Waals surface area contributed by atoms with E-state index in [1.807, 2.05) is 31.2 Å². The van der Waals surface area contributed by atoms with E-state index in [-0.39, 0.29) is 11.2 Å². The van der Waals surface area contributed by atoms with E-state index in [0.717, 1.165) is 11.1 Å². The molecular formula is C15H13Cl2F. The van der Waals surface area contributed by atoms with Crippen LogP contribution in [0.15, 0.2) is 42.5 Å².